The summed E-state index contributed by atoms with van der Waals surface area (Å²) in [5.41, 5.74) is 4.26. The van der Waals surface area contributed by atoms with Crippen LogP contribution in [-0.4, -0.2) is 13.0 Å². The molecular weight excluding hydrogens is 186 g/mol. The van der Waals surface area contributed by atoms with Crippen LogP contribution < -0.4 is 5.32 Å². The van der Waals surface area contributed by atoms with Gasteiger partial charge in [0.05, 0.1) is 0 Å². The fourth-order valence-electron chi connectivity index (χ4n) is 1.48. The molecule has 1 N–H and O–H groups in total. The molecule has 0 spiro atoms. The van der Waals surface area contributed by atoms with Crippen LogP contribution in [0.25, 0.3) is 6.08 Å². The van der Waals surface area contributed by atoms with E-state index in [9.17, 15) is 4.79 Å². The molecule has 2 heteroatoms. The largest absolute Gasteiger partial charge is 0.355 e. The van der Waals surface area contributed by atoms with Crippen molar-refractivity contribution < 1.29 is 4.79 Å². The minimum Gasteiger partial charge on any atom is -0.355 e. The van der Waals surface area contributed by atoms with E-state index in [1.807, 2.05) is 19.1 Å². The Hall–Kier alpha value is -1.57. The molecule has 80 valence electrons. The van der Waals surface area contributed by atoms with Gasteiger partial charge in [0.2, 0.25) is 5.91 Å². The van der Waals surface area contributed by atoms with Crippen molar-refractivity contribution in [3.63, 3.8) is 0 Å². The number of carbonyl (C=O) groups is 1. The lowest BCUT2D eigenvalue weighted by molar-refractivity contribution is -0.116. The molecule has 1 amide bonds. The summed E-state index contributed by atoms with van der Waals surface area (Å²) in [6.07, 6.45) is 1.91. The van der Waals surface area contributed by atoms with Gasteiger partial charge in [0, 0.05) is 12.6 Å². The molecule has 0 unspecified atom stereocenters. The second kappa shape index (κ2) is 4.78. The van der Waals surface area contributed by atoms with Gasteiger partial charge in [-0.1, -0.05) is 23.8 Å². The van der Waals surface area contributed by atoms with Gasteiger partial charge in [-0.05, 0) is 38.0 Å². The summed E-state index contributed by atoms with van der Waals surface area (Å²) in [6.45, 7) is 5.93. The number of aryl methyl sites for hydroxylation is 2. The minimum absolute atomic E-state index is 0.0324. The number of likely N-dealkylation sites (N-methyl/N-ethyl adjacent to an activating group) is 1. The Morgan fingerprint density at radius 1 is 1.33 bits per heavy atom. The van der Waals surface area contributed by atoms with Crippen LogP contribution in [-0.2, 0) is 4.79 Å². The first kappa shape index (κ1) is 11.5. The molecule has 0 aliphatic heterocycles. The van der Waals surface area contributed by atoms with Crippen LogP contribution in [0.15, 0.2) is 23.8 Å². The molecule has 0 aliphatic rings. The molecule has 0 heterocycles. The lowest BCUT2D eigenvalue weighted by Gasteiger charge is -2.04. The number of rotatable bonds is 2. The van der Waals surface area contributed by atoms with Gasteiger partial charge in [-0.2, -0.15) is 0 Å². The Balaban J connectivity index is 3.03. The smallest absolute Gasteiger partial charge is 0.246 e. The van der Waals surface area contributed by atoms with E-state index in [-0.39, 0.29) is 5.91 Å². The second-order valence-electron chi connectivity index (χ2n) is 3.77. The van der Waals surface area contributed by atoms with E-state index in [1.54, 1.807) is 7.05 Å². The Labute approximate surface area is 91.0 Å². The van der Waals surface area contributed by atoms with Crippen LogP contribution in [0.2, 0.25) is 0 Å². The third kappa shape index (κ3) is 2.94. The number of hydrogen-bond acceptors (Lipinski definition) is 1. The van der Waals surface area contributed by atoms with Crippen molar-refractivity contribution in [2.45, 2.75) is 20.8 Å². The van der Waals surface area contributed by atoms with Crippen LogP contribution >= 0.6 is 0 Å². The molecule has 0 bridgehead atoms. The first-order valence-electron chi connectivity index (χ1n) is 5.02. The highest BCUT2D eigenvalue weighted by molar-refractivity contribution is 5.97. The standard InChI is InChI=1S/C13H17NO/c1-9-5-6-12(10(2)7-9)8-11(3)13(15)14-4/h5-8H,1-4H3,(H,14,15)/b11-8+. The maximum Gasteiger partial charge on any atom is 0.246 e. The summed E-state index contributed by atoms with van der Waals surface area (Å²) in [7, 11) is 1.64. The summed E-state index contributed by atoms with van der Waals surface area (Å²) < 4.78 is 0. The average molecular weight is 203 g/mol. The molecule has 1 rings (SSSR count). The molecule has 0 fully saturated rings. The molecule has 0 saturated carbocycles. The molecule has 2 nitrogen and oxygen atoms in total. The highest BCUT2D eigenvalue weighted by atomic mass is 16.1. The van der Waals surface area contributed by atoms with E-state index in [2.05, 4.69) is 31.3 Å². The Morgan fingerprint density at radius 3 is 2.53 bits per heavy atom. The van der Waals surface area contributed by atoms with E-state index in [1.165, 1.54) is 11.1 Å². The van der Waals surface area contributed by atoms with Crippen molar-refractivity contribution in [1.29, 1.82) is 0 Å². The molecular formula is C13H17NO. The van der Waals surface area contributed by atoms with Crippen LogP contribution in [0.3, 0.4) is 0 Å². The minimum atomic E-state index is -0.0324. The van der Waals surface area contributed by atoms with Crippen LogP contribution in [0, 0.1) is 13.8 Å². The second-order valence-corrected chi connectivity index (χ2v) is 3.77. The summed E-state index contributed by atoms with van der Waals surface area (Å²) in [5.74, 6) is -0.0324. The van der Waals surface area contributed by atoms with Crippen LogP contribution in [0.4, 0.5) is 0 Å². The highest BCUT2D eigenvalue weighted by Crippen LogP contribution is 2.14. The van der Waals surface area contributed by atoms with E-state index in [4.69, 9.17) is 0 Å². The zero-order chi connectivity index (χ0) is 11.4. The van der Waals surface area contributed by atoms with E-state index >= 15 is 0 Å². The number of benzene rings is 1. The molecule has 1 aromatic carbocycles. The molecule has 1 aromatic rings. The van der Waals surface area contributed by atoms with Crippen molar-refractivity contribution >= 4 is 12.0 Å². The van der Waals surface area contributed by atoms with Gasteiger partial charge in [0.15, 0.2) is 0 Å². The fourth-order valence-corrected chi connectivity index (χ4v) is 1.48. The lowest BCUT2D eigenvalue weighted by Crippen LogP contribution is -2.18. The average Bonchev–Trinajstić information content (AvgIpc) is 2.20. The van der Waals surface area contributed by atoms with Crippen LogP contribution in [0.5, 0.6) is 0 Å². The van der Waals surface area contributed by atoms with Gasteiger partial charge in [-0.25, -0.2) is 0 Å². The Morgan fingerprint density at radius 2 is 2.00 bits per heavy atom. The van der Waals surface area contributed by atoms with Crippen molar-refractivity contribution in [3.8, 4) is 0 Å². The zero-order valence-electron chi connectivity index (χ0n) is 9.72. The van der Waals surface area contributed by atoms with Gasteiger partial charge in [-0.3, -0.25) is 4.79 Å². The van der Waals surface area contributed by atoms with Crippen molar-refractivity contribution in [1.82, 2.24) is 5.32 Å². The number of amides is 1. The maximum atomic E-state index is 11.3. The predicted molar refractivity (Wildman–Crippen MR) is 63.6 cm³/mol. The molecule has 0 radical (unpaired) electrons. The molecule has 0 aliphatic carbocycles. The normalized spacial score (nSPS) is 11.3. The molecule has 0 atom stereocenters. The molecule has 0 aromatic heterocycles. The third-order valence-corrected chi connectivity index (χ3v) is 2.38. The van der Waals surface area contributed by atoms with E-state index in [0.717, 1.165) is 11.1 Å². The van der Waals surface area contributed by atoms with Gasteiger partial charge in [0.1, 0.15) is 0 Å². The topological polar surface area (TPSA) is 29.1 Å². The van der Waals surface area contributed by atoms with Gasteiger partial charge in [-0.15, -0.1) is 0 Å². The number of carbonyl (C=O) groups excluding carboxylic acids is 1. The first-order chi connectivity index (χ1) is 7.04. The highest BCUT2D eigenvalue weighted by Gasteiger charge is 2.02. The molecule has 0 saturated heterocycles. The van der Waals surface area contributed by atoms with Crippen LogP contribution in [0.1, 0.15) is 23.6 Å². The lowest BCUT2D eigenvalue weighted by atomic mass is 10.0. The summed E-state index contributed by atoms with van der Waals surface area (Å²) in [5, 5.41) is 2.61. The van der Waals surface area contributed by atoms with Gasteiger partial charge in [0.25, 0.3) is 0 Å². The summed E-state index contributed by atoms with van der Waals surface area (Å²) in [6, 6.07) is 6.20. The van der Waals surface area contributed by atoms with E-state index < -0.39 is 0 Å². The third-order valence-electron chi connectivity index (χ3n) is 2.38. The Bertz CT molecular complexity index is 405. The van der Waals surface area contributed by atoms with E-state index in [0.29, 0.717) is 0 Å². The first-order valence-corrected chi connectivity index (χ1v) is 5.02. The Kier molecular flexibility index (Phi) is 3.67. The number of hydrogen-bond donors (Lipinski definition) is 1. The quantitative estimate of drug-likeness (QED) is 0.735. The van der Waals surface area contributed by atoms with Crippen molar-refractivity contribution in [3.05, 3.63) is 40.5 Å². The van der Waals surface area contributed by atoms with Crippen molar-refractivity contribution in [2.75, 3.05) is 7.05 Å². The fraction of sp³-hybridized carbons (Fsp3) is 0.308. The van der Waals surface area contributed by atoms with Crippen molar-refractivity contribution in [2.24, 2.45) is 0 Å². The molecule has 15 heavy (non-hydrogen) atoms. The van der Waals surface area contributed by atoms with Gasteiger partial charge < -0.3 is 5.32 Å². The zero-order valence-corrected chi connectivity index (χ0v) is 9.72. The monoisotopic (exact) mass is 203 g/mol. The predicted octanol–water partition coefficient (Wildman–Crippen LogP) is 2.45. The maximum absolute atomic E-state index is 11.3. The summed E-state index contributed by atoms with van der Waals surface area (Å²) >= 11 is 0. The summed E-state index contributed by atoms with van der Waals surface area (Å²) in [4.78, 5) is 11.3. The number of nitrogens with one attached hydrogen (secondary N) is 1. The SMILES string of the molecule is CNC(=O)/C(C)=C/c1ccc(C)cc1C. The van der Waals surface area contributed by atoms with Gasteiger partial charge >= 0.3 is 0 Å².